The first-order chi connectivity index (χ1) is 11.7. The molecule has 1 fully saturated rings. The van der Waals surface area contributed by atoms with E-state index in [0.717, 1.165) is 25.9 Å². The summed E-state index contributed by atoms with van der Waals surface area (Å²) in [6.45, 7) is 7.66. The van der Waals surface area contributed by atoms with Crippen LogP contribution in [0.3, 0.4) is 0 Å². The van der Waals surface area contributed by atoms with Crippen LogP contribution < -0.4 is 5.32 Å². The molecule has 1 N–H and O–H groups in total. The number of carbonyl (C=O) groups is 2. The van der Waals surface area contributed by atoms with Crippen LogP contribution in [0.15, 0.2) is 30.3 Å². The van der Waals surface area contributed by atoms with Gasteiger partial charge in [-0.2, -0.15) is 0 Å². The molecule has 5 heteroatoms. The molecular weight excluding hydrogens is 302 g/mol. The quantitative estimate of drug-likeness (QED) is 0.788. The van der Waals surface area contributed by atoms with Crippen molar-refractivity contribution in [3.63, 3.8) is 0 Å². The topological polar surface area (TPSA) is 52.7 Å². The smallest absolute Gasteiger partial charge is 0.237 e. The second kappa shape index (κ2) is 9.42. The van der Waals surface area contributed by atoms with E-state index in [4.69, 9.17) is 0 Å². The number of amides is 2. The Kier molecular flexibility index (Phi) is 7.25. The minimum absolute atomic E-state index is 0.0125. The molecular formula is C19H29N3O2. The van der Waals surface area contributed by atoms with Crippen molar-refractivity contribution >= 4 is 11.8 Å². The highest BCUT2D eigenvalue weighted by atomic mass is 16.2. The van der Waals surface area contributed by atoms with E-state index in [1.807, 2.05) is 19.9 Å². The summed E-state index contributed by atoms with van der Waals surface area (Å²) in [6.07, 6.45) is 2.27. The summed E-state index contributed by atoms with van der Waals surface area (Å²) < 4.78 is 0. The van der Waals surface area contributed by atoms with Gasteiger partial charge in [-0.3, -0.25) is 14.5 Å². The van der Waals surface area contributed by atoms with E-state index in [1.165, 1.54) is 5.56 Å². The standard InChI is InChI=1S/C19H29N3O2/c1-3-21(4-2)18(23)15-17-19(24)20-12-14-22(17)13-8-11-16-9-6-5-7-10-16/h5-7,9-10,17H,3-4,8,11-15H2,1-2H3,(H,20,24). The SMILES string of the molecule is CCN(CC)C(=O)CC1C(=O)NCCN1CCCc1ccccc1. The molecule has 1 saturated heterocycles. The molecule has 24 heavy (non-hydrogen) atoms. The number of rotatable bonds is 8. The predicted octanol–water partition coefficient (Wildman–Crippen LogP) is 1.68. The number of aryl methyl sites for hydroxylation is 1. The van der Waals surface area contributed by atoms with Gasteiger partial charge in [0.15, 0.2) is 0 Å². The van der Waals surface area contributed by atoms with E-state index in [0.29, 0.717) is 19.6 Å². The number of nitrogens with zero attached hydrogens (tertiary/aromatic N) is 2. The highest BCUT2D eigenvalue weighted by molar-refractivity contribution is 5.88. The molecule has 0 bridgehead atoms. The molecule has 0 saturated carbocycles. The van der Waals surface area contributed by atoms with E-state index >= 15 is 0 Å². The van der Waals surface area contributed by atoms with Gasteiger partial charge in [0.2, 0.25) is 11.8 Å². The minimum atomic E-state index is -0.331. The largest absolute Gasteiger partial charge is 0.353 e. The van der Waals surface area contributed by atoms with Gasteiger partial charge in [0.05, 0.1) is 12.5 Å². The van der Waals surface area contributed by atoms with E-state index in [-0.39, 0.29) is 24.3 Å². The third-order valence-electron chi connectivity index (χ3n) is 4.68. The zero-order valence-electron chi connectivity index (χ0n) is 14.8. The average molecular weight is 331 g/mol. The second-order valence-electron chi connectivity index (χ2n) is 6.20. The first-order valence-corrected chi connectivity index (χ1v) is 8.99. The van der Waals surface area contributed by atoms with Gasteiger partial charge in [0, 0.05) is 26.2 Å². The van der Waals surface area contributed by atoms with Crippen LogP contribution in [0, 0.1) is 0 Å². The van der Waals surface area contributed by atoms with Crippen molar-refractivity contribution in [2.45, 2.75) is 39.2 Å². The lowest BCUT2D eigenvalue weighted by atomic mass is 10.1. The van der Waals surface area contributed by atoms with Crippen molar-refractivity contribution in [1.29, 1.82) is 0 Å². The van der Waals surface area contributed by atoms with Crippen molar-refractivity contribution in [1.82, 2.24) is 15.1 Å². The molecule has 0 spiro atoms. The monoisotopic (exact) mass is 331 g/mol. The summed E-state index contributed by atoms with van der Waals surface area (Å²) in [7, 11) is 0. The van der Waals surface area contributed by atoms with E-state index in [1.54, 1.807) is 4.90 Å². The first kappa shape index (κ1) is 18.5. The Bertz CT molecular complexity index is 529. The highest BCUT2D eigenvalue weighted by Crippen LogP contribution is 2.13. The summed E-state index contributed by atoms with van der Waals surface area (Å²) in [4.78, 5) is 28.6. The van der Waals surface area contributed by atoms with Crippen LogP contribution in [0.25, 0.3) is 0 Å². The molecule has 1 aliphatic rings. The van der Waals surface area contributed by atoms with Crippen LogP contribution in [0.5, 0.6) is 0 Å². The lowest BCUT2D eigenvalue weighted by Gasteiger charge is -2.35. The van der Waals surface area contributed by atoms with Crippen molar-refractivity contribution in [2.24, 2.45) is 0 Å². The van der Waals surface area contributed by atoms with Gasteiger partial charge in [0.25, 0.3) is 0 Å². The molecule has 0 aliphatic carbocycles. The molecule has 1 aromatic rings. The Hall–Kier alpha value is -1.88. The summed E-state index contributed by atoms with van der Waals surface area (Å²) >= 11 is 0. The lowest BCUT2D eigenvalue weighted by molar-refractivity contribution is -0.138. The maximum absolute atomic E-state index is 12.4. The van der Waals surface area contributed by atoms with Crippen LogP contribution in [0.4, 0.5) is 0 Å². The summed E-state index contributed by atoms with van der Waals surface area (Å²) in [5.74, 6) is 0.0524. The second-order valence-corrected chi connectivity index (χ2v) is 6.20. The average Bonchev–Trinajstić information content (AvgIpc) is 2.60. The van der Waals surface area contributed by atoms with Crippen LogP contribution in [-0.4, -0.2) is 60.4 Å². The van der Waals surface area contributed by atoms with Gasteiger partial charge in [-0.25, -0.2) is 0 Å². The van der Waals surface area contributed by atoms with Gasteiger partial charge in [0.1, 0.15) is 0 Å². The summed E-state index contributed by atoms with van der Waals surface area (Å²) in [5, 5.41) is 2.90. The fourth-order valence-electron chi connectivity index (χ4n) is 3.25. The van der Waals surface area contributed by atoms with Crippen LogP contribution in [0.2, 0.25) is 0 Å². The molecule has 0 aromatic heterocycles. The molecule has 1 atom stereocenters. The molecule has 5 nitrogen and oxygen atoms in total. The maximum Gasteiger partial charge on any atom is 0.237 e. The van der Waals surface area contributed by atoms with E-state index < -0.39 is 0 Å². The maximum atomic E-state index is 12.4. The normalized spacial score (nSPS) is 18.2. The molecule has 1 aromatic carbocycles. The number of piperazine rings is 1. The van der Waals surface area contributed by atoms with Gasteiger partial charge < -0.3 is 10.2 Å². The Morgan fingerprint density at radius 1 is 1.25 bits per heavy atom. The highest BCUT2D eigenvalue weighted by Gasteiger charge is 2.32. The molecule has 2 rings (SSSR count). The Balaban J connectivity index is 1.90. The zero-order valence-corrected chi connectivity index (χ0v) is 14.8. The zero-order chi connectivity index (χ0) is 17.4. The molecule has 0 radical (unpaired) electrons. The Morgan fingerprint density at radius 3 is 2.62 bits per heavy atom. The van der Waals surface area contributed by atoms with Crippen LogP contribution in [-0.2, 0) is 16.0 Å². The summed E-state index contributed by atoms with van der Waals surface area (Å²) in [5.41, 5.74) is 1.31. The van der Waals surface area contributed by atoms with Gasteiger partial charge in [-0.1, -0.05) is 30.3 Å². The van der Waals surface area contributed by atoms with Crippen molar-refractivity contribution in [3.8, 4) is 0 Å². The molecule has 132 valence electrons. The fourth-order valence-corrected chi connectivity index (χ4v) is 3.25. The van der Waals surface area contributed by atoms with Crippen molar-refractivity contribution in [2.75, 3.05) is 32.7 Å². The molecule has 1 aliphatic heterocycles. The predicted molar refractivity (Wildman–Crippen MR) is 95.7 cm³/mol. The van der Waals surface area contributed by atoms with Crippen LogP contribution >= 0.6 is 0 Å². The number of hydrogen-bond donors (Lipinski definition) is 1. The third kappa shape index (κ3) is 5.06. The Morgan fingerprint density at radius 2 is 1.96 bits per heavy atom. The number of hydrogen-bond acceptors (Lipinski definition) is 3. The molecule has 1 unspecified atom stereocenters. The lowest BCUT2D eigenvalue weighted by Crippen LogP contribution is -2.56. The van der Waals surface area contributed by atoms with Crippen molar-refractivity contribution < 1.29 is 9.59 Å². The molecule has 2 amide bonds. The Labute approximate surface area is 145 Å². The third-order valence-corrected chi connectivity index (χ3v) is 4.68. The van der Waals surface area contributed by atoms with Gasteiger partial charge in [-0.15, -0.1) is 0 Å². The van der Waals surface area contributed by atoms with Gasteiger partial charge >= 0.3 is 0 Å². The minimum Gasteiger partial charge on any atom is -0.353 e. The number of benzene rings is 1. The van der Waals surface area contributed by atoms with E-state index in [2.05, 4.69) is 34.5 Å². The molecule has 1 heterocycles. The number of nitrogens with one attached hydrogen (secondary N) is 1. The van der Waals surface area contributed by atoms with Crippen molar-refractivity contribution in [3.05, 3.63) is 35.9 Å². The van der Waals surface area contributed by atoms with E-state index in [9.17, 15) is 9.59 Å². The van der Waals surface area contributed by atoms with Gasteiger partial charge in [-0.05, 0) is 38.8 Å². The summed E-state index contributed by atoms with van der Waals surface area (Å²) in [6, 6.07) is 10.1. The first-order valence-electron chi connectivity index (χ1n) is 8.99. The number of carbonyl (C=O) groups excluding carboxylic acids is 2. The van der Waals surface area contributed by atoms with Crippen LogP contribution in [0.1, 0.15) is 32.3 Å². The fraction of sp³-hybridized carbons (Fsp3) is 0.579.